The van der Waals surface area contributed by atoms with Crippen molar-refractivity contribution in [1.82, 2.24) is 4.72 Å². The zero-order valence-corrected chi connectivity index (χ0v) is 9.70. The van der Waals surface area contributed by atoms with Crippen LogP contribution < -0.4 is 4.72 Å². The van der Waals surface area contributed by atoms with Gasteiger partial charge in [-0.2, -0.15) is 8.78 Å². The molecule has 0 aromatic rings. The third-order valence-electron chi connectivity index (χ3n) is 2.48. The summed E-state index contributed by atoms with van der Waals surface area (Å²) in [6, 6.07) is -0.562. The molecule has 0 aromatic heterocycles. The normalized spacial score (nSPS) is 29.1. The van der Waals surface area contributed by atoms with Crippen molar-refractivity contribution in [3.05, 3.63) is 0 Å². The average Bonchev–Trinajstić information content (AvgIpc) is 2.31. The molecule has 1 saturated carbocycles. The Morgan fingerprint density at radius 2 is 1.80 bits per heavy atom. The maximum atomic E-state index is 12.1. The van der Waals surface area contributed by atoms with Gasteiger partial charge in [0.2, 0.25) is 0 Å². The van der Waals surface area contributed by atoms with Gasteiger partial charge in [-0.1, -0.05) is 19.3 Å². The number of hydrogen-bond acceptors (Lipinski definition) is 2. The number of alkyl halides is 3. The molecular weight excluding hydrogens is 248 g/mol. The van der Waals surface area contributed by atoms with Gasteiger partial charge in [-0.15, -0.1) is 11.6 Å². The monoisotopic (exact) mass is 261 g/mol. The fourth-order valence-corrected chi connectivity index (χ4v) is 2.88. The first kappa shape index (κ1) is 13.1. The third-order valence-corrected chi connectivity index (χ3v) is 4.10. The summed E-state index contributed by atoms with van der Waals surface area (Å²) in [6.45, 7) is 0. The highest BCUT2D eigenvalue weighted by Gasteiger charge is 2.31. The molecule has 1 aliphatic carbocycles. The number of nitrogens with one attached hydrogen (secondary N) is 1. The Kier molecular flexibility index (Phi) is 4.73. The van der Waals surface area contributed by atoms with Gasteiger partial charge in [0, 0.05) is 11.4 Å². The van der Waals surface area contributed by atoms with Gasteiger partial charge in [0.25, 0.3) is 10.0 Å². The number of sulfonamides is 1. The molecular formula is C8H14ClF2NO2S. The smallest absolute Gasteiger partial charge is 0.206 e. The molecule has 0 spiro atoms. The van der Waals surface area contributed by atoms with E-state index in [1.165, 1.54) is 0 Å². The highest BCUT2D eigenvalue weighted by atomic mass is 35.5. The summed E-state index contributed by atoms with van der Waals surface area (Å²) >= 11 is 5.93. The molecule has 2 unspecified atom stereocenters. The zero-order chi connectivity index (χ0) is 11.5. The van der Waals surface area contributed by atoms with Gasteiger partial charge in [-0.05, 0) is 12.8 Å². The summed E-state index contributed by atoms with van der Waals surface area (Å²) in [5.41, 5.74) is 0. The van der Waals surface area contributed by atoms with Gasteiger partial charge in [0.1, 0.15) is 0 Å². The van der Waals surface area contributed by atoms with E-state index in [-0.39, 0.29) is 5.38 Å². The Bertz CT molecular complexity index is 297. The van der Waals surface area contributed by atoms with Crippen LogP contribution in [-0.4, -0.2) is 25.6 Å². The van der Waals surface area contributed by atoms with Crippen molar-refractivity contribution in [2.24, 2.45) is 0 Å². The predicted octanol–water partition coefficient (Wildman–Crippen LogP) is 2.07. The first-order valence-electron chi connectivity index (χ1n) is 4.87. The standard InChI is InChI=1S/C8H14ClF2NO2S/c9-6-4-2-1-3-5-7(6)12-15(13,14)8(10)11/h6-8,12H,1-5H2. The van der Waals surface area contributed by atoms with Gasteiger partial charge in [-0.25, -0.2) is 13.1 Å². The summed E-state index contributed by atoms with van der Waals surface area (Å²) in [7, 11) is -4.51. The van der Waals surface area contributed by atoms with E-state index in [0.717, 1.165) is 19.3 Å². The van der Waals surface area contributed by atoms with Crippen LogP contribution in [0.3, 0.4) is 0 Å². The van der Waals surface area contributed by atoms with Gasteiger partial charge in [-0.3, -0.25) is 0 Å². The van der Waals surface area contributed by atoms with Crippen molar-refractivity contribution in [3.63, 3.8) is 0 Å². The van der Waals surface area contributed by atoms with Crippen LogP contribution in [0.1, 0.15) is 32.1 Å². The minimum Gasteiger partial charge on any atom is -0.206 e. The first-order valence-corrected chi connectivity index (χ1v) is 6.85. The van der Waals surface area contributed by atoms with Gasteiger partial charge < -0.3 is 0 Å². The van der Waals surface area contributed by atoms with Crippen molar-refractivity contribution < 1.29 is 17.2 Å². The zero-order valence-electron chi connectivity index (χ0n) is 8.13. The predicted molar refractivity (Wildman–Crippen MR) is 54.6 cm³/mol. The van der Waals surface area contributed by atoms with Crippen LogP contribution in [0.4, 0.5) is 8.78 Å². The van der Waals surface area contributed by atoms with Crippen LogP contribution in [0.25, 0.3) is 0 Å². The molecule has 7 heteroatoms. The van der Waals surface area contributed by atoms with Gasteiger partial charge in [0.05, 0.1) is 0 Å². The number of hydrogen-bond donors (Lipinski definition) is 1. The molecule has 0 saturated heterocycles. The summed E-state index contributed by atoms with van der Waals surface area (Å²) in [5.74, 6) is -3.38. The lowest BCUT2D eigenvalue weighted by atomic mass is 10.1. The fourth-order valence-electron chi connectivity index (χ4n) is 1.66. The third kappa shape index (κ3) is 3.85. The highest BCUT2D eigenvalue weighted by molar-refractivity contribution is 7.89. The molecule has 0 heterocycles. The summed E-state index contributed by atoms with van der Waals surface area (Å²) < 4.78 is 48.1. The summed E-state index contributed by atoms with van der Waals surface area (Å²) in [6.07, 6.45) is 3.90. The molecule has 0 amide bonds. The quantitative estimate of drug-likeness (QED) is 0.624. The van der Waals surface area contributed by atoms with E-state index in [1.807, 2.05) is 4.72 Å². The van der Waals surface area contributed by atoms with Crippen LogP contribution in [0.15, 0.2) is 0 Å². The van der Waals surface area contributed by atoms with Gasteiger partial charge in [0.15, 0.2) is 0 Å². The van der Waals surface area contributed by atoms with E-state index >= 15 is 0 Å². The highest BCUT2D eigenvalue weighted by Crippen LogP contribution is 2.23. The lowest BCUT2D eigenvalue weighted by Crippen LogP contribution is -2.42. The number of halogens is 3. The van der Waals surface area contributed by atoms with Crippen molar-refractivity contribution >= 4 is 21.6 Å². The second kappa shape index (κ2) is 5.41. The molecule has 0 bridgehead atoms. The van der Waals surface area contributed by atoms with Gasteiger partial charge >= 0.3 is 5.76 Å². The minimum absolute atomic E-state index is 0.388. The van der Waals surface area contributed by atoms with Crippen molar-refractivity contribution in [2.45, 2.75) is 49.3 Å². The van der Waals surface area contributed by atoms with E-state index in [9.17, 15) is 17.2 Å². The number of rotatable bonds is 3. The van der Waals surface area contributed by atoms with Crippen molar-refractivity contribution in [1.29, 1.82) is 0 Å². The van der Waals surface area contributed by atoms with Crippen LogP contribution in [0, 0.1) is 0 Å². The molecule has 90 valence electrons. The Labute approximate surface area is 93.2 Å². The minimum atomic E-state index is -4.51. The summed E-state index contributed by atoms with van der Waals surface area (Å²) in [4.78, 5) is 0. The van der Waals surface area contributed by atoms with E-state index in [0.29, 0.717) is 12.8 Å². The molecule has 3 nitrogen and oxygen atoms in total. The maximum absolute atomic E-state index is 12.1. The lowest BCUT2D eigenvalue weighted by Gasteiger charge is -2.20. The van der Waals surface area contributed by atoms with E-state index in [4.69, 9.17) is 11.6 Å². The SMILES string of the molecule is O=S(=O)(NC1CCCCCC1Cl)C(F)F. The molecule has 1 N–H and O–H groups in total. The topological polar surface area (TPSA) is 46.2 Å². The Hall–Kier alpha value is 0.0600. The fraction of sp³-hybridized carbons (Fsp3) is 1.00. The van der Waals surface area contributed by atoms with Crippen molar-refractivity contribution in [3.8, 4) is 0 Å². The largest absolute Gasteiger partial charge is 0.350 e. The molecule has 15 heavy (non-hydrogen) atoms. The Balaban J connectivity index is 2.63. The molecule has 1 aliphatic rings. The van der Waals surface area contributed by atoms with Crippen LogP contribution >= 0.6 is 11.6 Å². The molecule has 1 fully saturated rings. The van der Waals surface area contributed by atoms with Crippen molar-refractivity contribution in [2.75, 3.05) is 0 Å². The maximum Gasteiger partial charge on any atom is 0.350 e. The van der Waals surface area contributed by atoms with E-state index in [1.54, 1.807) is 0 Å². The van der Waals surface area contributed by atoms with Crippen LogP contribution in [-0.2, 0) is 10.0 Å². The second-order valence-electron chi connectivity index (χ2n) is 3.68. The second-order valence-corrected chi connectivity index (χ2v) is 5.93. The molecule has 1 rings (SSSR count). The first-order chi connectivity index (χ1) is 6.93. The molecule has 0 aliphatic heterocycles. The van der Waals surface area contributed by atoms with Crippen LogP contribution in [0.2, 0.25) is 0 Å². The van der Waals surface area contributed by atoms with E-state index in [2.05, 4.69) is 0 Å². The Morgan fingerprint density at radius 3 is 2.40 bits per heavy atom. The molecule has 0 radical (unpaired) electrons. The van der Waals surface area contributed by atoms with E-state index < -0.39 is 21.8 Å². The Morgan fingerprint density at radius 1 is 1.20 bits per heavy atom. The average molecular weight is 262 g/mol. The summed E-state index contributed by atoms with van der Waals surface area (Å²) in [5, 5.41) is -0.388. The molecule has 2 atom stereocenters. The van der Waals surface area contributed by atoms with Crippen LogP contribution in [0.5, 0.6) is 0 Å². The molecule has 0 aromatic carbocycles. The lowest BCUT2D eigenvalue weighted by molar-refractivity contribution is 0.231.